The summed E-state index contributed by atoms with van der Waals surface area (Å²) in [7, 11) is 3.70. The van der Waals surface area contributed by atoms with Crippen LogP contribution in [-0.4, -0.2) is 36.6 Å². The Hall–Kier alpha value is -0.580. The molecule has 0 saturated carbocycles. The number of ether oxygens (including phenoxy) is 1. The zero-order valence-corrected chi connectivity index (χ0v) is 14.2. The van der Waals surface area contributed by atoms with Crippen molar-refractivity contribution in [3.05, 3.63) is 16.4 Å². The van der Waals surface area contributed by atoms with Gasteiger partial charge in [0.2, 0.25) is 0 Å². The zero-order chi connectivity index (χ0) is 15.2. The number of rotatable bonds is 9. The van der Waals surface area contributed by atoms with E-state index < -0.39 is 0 Å². The van der Waals surface area contributed by atoms with Crippen molar-refractivity contribution < 1.29 is 4.74 Å². The fourth-order valence-electron chi connectivity index (χ4n) is 2.57. The van der Waals surface area contributed by atoms with Gasteiger partial charge in [0.1, 0.15) is 0 Å². The zero-order valence-electron chi connectivity index (χ0n) is 13.4. The summed E-state index contributed by atoms with van der Waals surface area (Å²) in [5.74, 6) is 0. The minimum atomic E-state index is 0.220. The third kappa shape index (κ3) is 4.21. The summed E-state index contributed by atoms with van der Waals surface area (Å²) >= 11 is 6.39. The molecule has 0 radical (unpaired) electrons. The largest absolute Gasteiger partial charge is 0.383 e. The number of aryl methyl sites for hydroxylation is 2. The Bertz CT molecular complexity index is 413. The number of aromatic nitrogens is 2. The lowest BCUT2D eigenvalue weighted by Gasteiger charge is -2.32. The van der Waals surface area contributed by atoms with Crippen LogP contribution in [0.5, 0.6) is 0 Å². The molecule has 0 aliphatic carbocycles. The summed E-state index contributed by atoms with van der Waals surface area (Å²) in [6.07, 6.45) is 3.18. The van der Waals surface area contributed by atoms with Gasteiger partial charge < -0.3 is 10.1 Å². The van der Waals surface area contributed by atoms with Crippen LogP contribution in [0.25, 0.3) is 0 Å². The topological polar surface area (TPSA) is 39.1 Å². The summed E-state index contributed by atoms with van der Waals surface area (Å²) in [6, 6.07) is 0. The molecular weight excluding hydrogens is 274 g/mol. The highest BCUT2D eigenvalue weighted by Crippen LogP contribution is 2.33. The van der Waals surface area contributed by atoms with Gasteiger partial charge in [0.25, 0.3) is 0 Å². The van der Waals surface area contributed by atoms with Crippen LogP contribution in [0.2, 0.25) is 5.02 Å². The number of nitrogens with zero attached hydrogens (tertiary/aromatic N) is 2. The molecule has 1 aromatic rings. The molecule has 0 spiro atoms. The van der Waals surface area contributed by atoms with E-state index in [0.717, 1.165) is 55.4 Å². The maximum absolute atomic E-state index is 6.39. The van der Waals surface area contributed by atoms with Crippen LogP contribution in [0.3, 0.4) is 0 Å². The van der Waals surface area contributed by atoms with Crippen molar-refractivity contribution in [1.29, 1.82) is 0 Å². The highest BCUT2D eigenvalue weighted by Gasteiger charge is 2.29. The Morgan fingerprint density at radius 1 is 1.35 bits per heavy atom. The molecule has 1 aromatic heterocycles. The molecule has 0 unspecified atom stereocenters. The molecule has 1 heterocycles. The quantitative estimate of drug-likeness (QED) is 0.713. The Kier molecular flexibility index (Phi) is 7.00. The van der Waals surface area contributed by atoms with E-state index in [4.69, 9.17) is 16.3 Å². The maximum Gasteiger partial charge on any atom is 0.0847 e. The van der Waals surface area contributed by atoms with E-state index in [9.17, 15) is 0 Å². The second-order valence-corrected chi connectivity index (χ2v) is 5.90. The van der Waals surface area contributed by atoms with Gasteiger partial charge in [-0.05, 0) is 31.6 Å². The number of hydrogen-bond donors (Lipinski definition) is 1. The molecule has 0 bridgehead atoms. The average Bonchev–Trinajstić information content (AvgIpc) is 2.68. The van der Waals surface area contributed by atoms with Gasteiger partial charge in [-0.1, -0.05) is 25.4 Å². The summed E-state index contributed by atoms with van der Waals surface area (Å²) in [4.78, 5) is 0. The number of nitrogens with one attached hydrogen (secondary N) is 1. The standard InChI is InChI=1S/C15H28ClN3O/c1-6-15(7-2,11-17-8-9-20-5)10-13-14(16)12(3)18-19(13)4/h17H,6-11H2,1-5H3. The lowest BCUT2D eigenvalue weighted by atomic mass is 9.78. The first-order chi connectivity index (χ1) is 9.49. The SMILES string of the molecule is CCC(CC)(CNCCOC)Cc1c(Cl)c(C)nn1C. The molecule has 1 N–H and O–H groups in total. The van der Waals surface area contributed by atoms with E-state index in [1.54, 1.807) is 7.11 Å². The Morgan fingerprint density at radius 3 is 2.45 bits per heavy atom. The second-order valence-electron chi connectivity index (χ2n) is 5.52. The fourth-order valence-corrected chi connectivity index (χ4v) is 2.79. The van der Waals surface area contributed by atoms with Crippen molar-refractivity contribution in [2.45, 2.75) is 40.0 Å². The van der Waals surface area contributed by atoms with Crippen LogP contribution in [0.15, 0.2) is 0 Å². The van der Waals surface area contributed by atoms with Gasteiger partial charge in [-0.2, -0.15) is 5.10 Å². The molecule has 4 nitrogen and oxygen atoms in total. The smallest absolute Gasteiger partial charge is 0.0847 e. The lowest BCUT2D eigenvalue weighted by Crippen LogP contribution is -2.37. The van der Waals surface area contributed by atoms with Crippen LogP contribution < -0.4 is 5.32 Å². The first kappa shape index (κ1) is 17.5. The van der Waals surface area contributed by atoms with E-state index in [2.05, 4.69) is 24.3 Å². The lowest BCUT2D eigenvalue weighted by molar-refractivity contribution is 0.185. The highest BCUT2D eigenvalue weighted by molar-refractivity contribution is 6.31. The fraction of sp³-hybridized carbons (Fsp3) is 0.800. The predicted molar refractivity (Wildman–Crippen MR) is 84.4 cm³/mol. The van der Waals surface area contributed by atoms with E-state index >= 15 is 0 Å². The minimum Gasteiger partial charge on any atom is -0.383 e. The molecule has 0 fully saturated rings. The van der Waals surface area contributed by atoms with E-state index in [0.29, 0.717) is 0 Å². The summed E-state index contributed by atoms with van der Waals surface area (Å²) < 4.78 is 7.01. The Balaban J connectivity index is 2.79. The van der Waals surface area contributed by atoms with E-state index in [-0.39, 0.29) is 5.41 Å². The van der Waals surface area contributed by atoms with Gasteiger partial charge >= 0.3 is 0 Å². The molecule has 0 aliphatic heterocycles. The van der Waals surface area contributed by atoms with Crippen LogP contribution in [0.4, 0.5) is 0 Å². The van der Waals surface area contributed by atoms with Gasteiger partial charge in [0, 0.05) is 27.2 Å². The summed E-state index contributed by atoms with van der Waals surface area (Å²) in [5, 5.41) is 8.73. The summed E-state index contributed by atoms with van der Waals surface area (Å²) in [5.41, 5.74) is 2.27. The predicted octanol–water partition coefficient (Wildman–Crippen LogP) is 2.97. The molecule has 20 heavy (non-hydrogen) atoms. The number of hydrogen-bond acceptors (Lipinski definition) is 3. The van der Waals surface area contributed by atoms with Crippen molar-refractivity contribution in [1.82, 2.24) is 15.1 Å². The van der Waals surface area contributed by atoms with Crippen molar-refractivity contribution in [3.63, 3.8) is 0 Å². The molecule has 0 amide bonds. The number of methoxy groups -OCH3 is 1. The molecular formula is C15H28ClN3O. The van der Waals surface area contributed by atoms with Crippen molar-refractivity contribution in [3.8, 4) is 0 Å². The van der Waals surface area contributed by atoms with Crippen LogP contribution >= 0.6 is 11.6 Å². The van der Waals surface area contributed by atoms with Gasteiger partial charge in [-0.3, -0.25) is 4.68 Å². The minimum absolute atomic E-state index is 0.220. The third-order valence-electron chi connectivity index (χ3n) is 4.29. The highest BCUT2D eigenvalue weighted by atomic mass is 35.5. The van der Waals surface area contributed by atoms with Gasteiger partial charge in [0.15, 0.2) is 0 Å². The molecule has 116 valence electrons. The summed E-state index contributed by atoms with van der Waals surface area (Å²) in [6.45, 7) is 9.06. The van der Waals surface area contributed by atoms with Gasteiger partial charge in [0.05, 0.1) is 23.0 Å². The molecule has 5 heteroatoms. The molecule has 0 saturated heterocycles. The molecule has 0 aromatic carbocycles. The van der Waals surface area contributed by atoms with E-state index in [1.165, 1.54) is 0 Å². The van der Waals surface area contributed by atoms with Crippen molar-refractivity contribution in [2.24, 2.45) is 12.5 Å². The average molecular weight is 302 g/mol. The molecule has 1 rings (SSSR count). The number of halogens is 1. The third-order valence-corrected chi connectivity index (χ3v) is 4.78. The van der Waals surface area contributed by atoms with Crippen LogP contribution in [0, 0.1) is 12.3 Å². The second kappa shape index (κ2) is 8.01. The molecule has 0 aliphatic rings. The first-order valence-corrected chi connectivity index (χ1v) is 7.75. The van der Waals surface area contributed by atoms with Gasteiger partial charge in [-0.15, -0.1) is 0 Å². The molecule has 0 atom stereocenters. The van der Waals surface area contributed by atoms with Crippen LogP contribution in [-0.2, 0) is 18.2 Å². The Labute approximate surface area is 127 Å². The Morgan fingerprint density at radius 2 is 2.00 bits per heavy atom. The first-order valence-electron chi connectivity index (χ1n) is 7.37. The maximum atomic E-state index is 6.39. The van der Waals surface area contributed by atoms with Crippen molar-refractivity contribution >= 4 is 11.6 Å². The monoisotopic (exact) mass is 301 g/mol. The van der Waals surface area contributed by atoms with Crippen LogP contribution in [0.1, 0.15) is 38.1 Å². The van der Waals surface area contributed by atoms with Gasteiger partial charge in [-0.25, -0.2) is 0 Å². The van der Waals surface area contributed by atoms with Crippen molar-refractivity contribution in [2.75, 3.05) is 26.8 Å². The normalized spacial score (nSPS) is 12.1. The van der Waals surface area contributed by atoms with E-state index in [1.807, 2.05) is 18.7 Å².